The van der Waals surface area contributed by atoms with Gasteiger partial charge in [-0.1, -0.05) is 0 Å². The SMILES string of the molecule is N#Cc1cc(C(F)F)nc(S(N)(=O)=O)c1Br. The number of primary sulfonamides is 1. The van der Waals surface area contributed by atoms with Crippen LogP contribution in [0.2, 0.25) is 0 Å². The summed E-state index contributed by atoms with van der Waals surface area (Å²) in [5.74, 6) is 0. The molecule has 0 saturated heterocycles. The van der Waals surface area contributed by atoms with Crippen LogP contribution in [0.1, 0.15) is 17.7 Å². The summed E-state index contributed by atoms with van der Waals surface area (Å²) in [4.78, 5) is 3.19. The number of alkyl halides is 2. The number of halogens is 3. The molecule has 86 valence electrons. The van der Waals surface area contributed by atoms with Crippen LogP contribution in [0.5, 0.6) is 0 Å². The van der Waals surface area contributed by atoms with E-state index in [0.717, 1.165) is 6.07 Å². The molecule has 0 atom stereocenters. The summed E-state index contributed by atoms with van der Waals surface area (Å²) in [6.45, 7) is 0. The Kier molecular flexibility index (Phi) is 3.57. The van der Waals surface area contributed by atoms with Crippen LogP contribution in [0.15, 0.2) is 15.6 Å². The van der Waals surface area contributed by atoms with E-state index in [1.165, 1.54) is 0 Å². The first-order valence-electron chi connectivity index (χ1n) is 3.69. The number of nitrogens with two attached hydrogens (primary N) is 1. The van der Waals surface area contributed by atoms with E-state index in [4.69, 9.17) is 10.4 Å². The fourth-order valence-electron chi connectivity index (χ4n) is 0.907. The third-order valence-electron chi connectivity index (χ3n) is 1.56. The monoisotopic (exact) mass is 311 g/mol. The summed E-state index contributed by atoms with van der Waals surface area (Å²) in [7, 11) is -4.26. The van der Waals surface area contributed by atoms with Gasteiger partial charge in [-0.05, 0) is 22.0 Å². The lowest BCUT2D eigenvalue weighted by molar-refractivity contribution is 0.145. The molecular weight excluding hydrogens is 308 g/mol. The van der Waals surface area contributed by atoms with Gasteiger partial charge >= 0.3 is 0 Å². The predicted molar refractivity (Wildman–Crippen MR) is 53.0 cm³/mol. The first-order chi connectivity index (χ1) is 7.27. The number of hydrogen-bond donors (Lipinski definition) is 1. The molecule has 0 aliphatic carbocycles. The second-order valence-corrected chi connectivity index (χ2v) is 4.94. The number of nitrogens with zero attached hydrogens (tertiary/aromatic N) is 2. The van der Waals surface area contributed by atoms with Crippen LogP contribution in [0.25, 0.3) is 0 Å². The first kappa shape index (κ1) is 13.0. The molecule has 0 radical (unpaired) electrons. The molecule has 9 heteroatoms. The molecule has 0 aliphatic rings. The smallest absolute Gasteiger partial charge is 0.233 e. The normalized spacial score (nSPS) is 11.5. The average Bonchev–Trinajstić information content (AvgIpc) is 2.15. The van der Waals surface area contributed by atoms with Gasteiger partial charge in [0.1, 0.15) is 11.8 Å². The van der Waals surface area contributed by atoms with Gasteiger partial charge in [0.2, 0.25) is 0 Å². The van der Waals surface area contributed by atoms with E-state index >= 15 is 0 Å². The predicted octanol–water partition coefficient (Wildman–Crippen LogP) is 1.30. The zero-order valence-electron chi connectivity index (χ0n) is 7.49. The number of hydrogen-bond acceptors (Lipinski definition) is 4. The number of pyridine rings is 1. The lowest BCUT2D eigenvalue weighted by Crippen LogP contribution is -2.16. The van der Waals surface area contributed by atoms with Gasteiger partial charge in [0.05, 0.1) is 10.0 Å². The topological polar surface area (TPSA) is 96.8 Å². The van der Waals surface area contributed by atoms with Crippen LogP contribution in [0.4, 0.5) is 8.78 Å². The van der Waals surface area contributed by atoms with Crippen molar-refractivity contribution in [2.24, 2.45) is 5.14 Å². The molecule has 0 aromatic carbocycles. The summed E-state index contributed by atoms with van der Waals surface area (Å²) >= 11 is 2.77. The maximum atomic E-state index is 12.4. The van der Waals surface area contributed by atoms with Gasteiger partial charge in [0.25, 0.3) is 16.4 Å². The van der Waals surface area contributed by atoms with E-state index in [9.17, 15) is 17.2 Å². The fraction of sp³-hybridized carbons (Fsp3) is 0.143. The van der Waals surface area contributed by atoms with Crippen molar-refractivity contribution in [1.29, 1.82) is 5.26 Å². The molecule has 16 heavy (non-hydrogen) atoms. The van der Waals surface area contributed by atoms with Gasteiger partial charge in [-0.3, -0.25) is 0 Å². The Morgan fingerprint density at radius 1 is 1.56 bits per heavy atom. The molecule has 0 amide bonds. The molecule has 1 aromatic heterocycles. The Morgan fingerprint density at radius 2 is 2.12 bits per heavy atom. The Bertz CT molecular complexity index is 568. The minimum atomic E-state index is -4.26. The maximum Gasteiger partial charge on any atom is 0.280 e. The van der Waals surface area contributed by atoms with Gasteiger partial charge in [-0.2, -0.15) is 5.26 Å². The molecule has 0 saturated carbocycles. The summed E-state index contributed by atoms with van der Waals surface area (Å²) < 4.78 is 46.6. The number of sulfonamides is 1. The van der Waals surface area contributed by atoms with Crippen molar-refractivity contribution in [3.8, 4) is 6.07 Å². The summed E-state index contributed by atoms with van der Waals surface area (Å²) in [5.41, 5.74) is -1.09. The van der Waals surface area contributed by atoms with Crippen LogP contribution in [0.3, 0.4) is 0 Å². The lowest BCUT2D eigenvalue weighted by Gasteiger charge is -2.06. The highest BCUT2D eigenvalue weighted by molar-refractivity contribution is 9.10. The standard InChI is InChI=1S/C7H4BrF2N3O2S/c8-5-3(2-11)1-4(6(9)10)13-7(5)16(12,14)15/h1,6H,(H2,12,14,15). The average molecular weight is 312 g/mol. The number of nitriles is 1. The quantitative estimate of drug-likeness (QED) is 0.890. The molecule has 0 unspecified atom stereocenters. The summed E-state index contributed by atoms with van der Waals surface area (Å²) in [6, 6.07) is 2.36. The molecular formula is C7H4BrF2N3O2S. The van der Waals surface area contributed by atoms with Gasteiger partial charge in [0.15, 0.2) is 5.03 Å². The van der Waals surface area contributed by atoms with Crippen LogP contribution in [-0.4, -0.2) is 13.4 Å². The second kappa shape index (κ2) is 4.40. The zero-order chi connectivity index (χ0) is 12.5. The molecule has 0 fully saturated rings. The minimum absolute atomic E-state index is 0.220. The van der Waals surface area contributed by atoms with Crippen LogP contribution < -0.4 is 5.14 Å². The zero-order valence-corrected chi connectivity index (χ0v) is 9.89. The molecule has 1 aromatic rings. The maximum absolute atomic E-state index is 12.4. The Labute approximate surface area is 98.1 Å². The highest BCUT2D eigenvalue weighted by Crippen LogP contribution is 2.27. The van der Waals surface area contributed by atoms with Gasteiger partial charge in [-0.25, -0.2) is 27.3 Å². The van der Waals surface area contributed by atoms with E-state index in [1.54, 1.807) is 6.07 Å². The first-order valence-corrected chi connectivity index (χ1v) is 6.02. The molecule has 1 rings (SSSR count). The van der Waals surface area contributed by atoms with Gasteiger partial charge < -0.3 is 0 Å². The van der Waals surface area contributed by atoms with E-state index in [1.807, 2.05) is 0 Å². The van der Waals surface area contributed by atoms with Crippen LogP contribution in [-0.2, 0) is 10.0 Å². The third-order valence-corrected chi connectivity index (χ3v) is 3.46. The molecule has 0 aliphatic heterocycles. The third kappa shape index (κ3) is 2.52. The van der Waals surface area contributed by atoms with Crippen molar-refractivity contribution in [2.45, 2.75) is 11.5 Å². The second-order valence-electron chi connectivity index (χ2n) is 2.67. The van der Waals surface area contributed by atoms with Crippen molar-refractivity contribution < 1.29 is 17.2 Å². The Hall–Kier alpha value is -1.11. The molecule has 0 bridgehead atoms. The number of rotatable bonds is 2. The van der Waals surface area contributed by atoms with Crippen molar-refractivity contribution in [3.63, 3.8) is 0 Å². The minimum Gasteiger partial charge on any atom is -0.233 e. The van der Waals surface area contributed by atoms with Crippen LogP contribution in [0, 0.1) is 11.3 Å². The summed E-state index contributed by atoms with van der Waals surface area (Å²) in [6.07, 6.45) is -2.99. The van der Waals surface area contributed by atoms with Crippen molar-refractivity contribution >= 4 is 26.0 Å². The number of aromatic nitrogens is 1. The van der Waals surface area contributed by atoms with Crippen LogP contribution >= 0.6 is 15.9 Å². The Morgan fingerprint density at radius 3 is 2.50 bits per heavy atom. The van der Waals surface area contributed by atoms with E-state index < -0.39 is 27.2 Å². The van der Waals surface area contributed by atoms with Crippen molar-refractivity contribution in [1.82, 2.24) is 4.98 Å². The van der Waals surface area contributed by atoms with E-state index in [-0.39, 0.29) is 10.0 Å². The largest absolute Gasteiger partial charge is 0.280 e. The van der Waals surface area contributed by atoms with E-state index in [0.29, 0.717) is 0 Å². The lowest BCUT2D eigenvalue weighted by atomic mass is 10.2. The van der Waals surface area contributed by atoms with Crippen molar-refractivity contribution in [2.75, 3.05) is 0 Å². The highest BCUT2D eigenvalue weighted by atomic mass is 79.9. The van der Waals surface area contributed by atoms with Gasteiger partial charge in [0, 0.05) is 0 Å². The molecule has 5 nitrogen and oxygen atoms in total. The molecule has 2 N–H and O–H groups in total. The van der Waals surface area contributed by atoms with Crippen molar-refractivity contribution in [3.05, 3.63) is 21.8 Å². The van der Waals surface area contributed by atoms with E-state index in [2.05, 4.69) is 20.9 Å². The Balaban J connectivity index is 3.63. The molecule has 1 heterocycles. The fourth-order valence-corrected chi connectivity index (χ4v) is 2.47. The molecule has 0 spiro atoms. The van der Waals surface area contributed by atoms with Gasteiger partial charge in [-0.15, -0.1) is 0 Å². The highest BCUT2D eigenvalue weighted by Gasteiger charge is 2.22. The summed E-state index contributed by atoms with van der Waals surface area (Å²) in [5, 5.41) is 12.6.